The fourth-order valence-electron chi connectivity index (χ4n) is 4.28. The minimum Gasteiger partial charge on any atom is -0.368 e. The number of nitrogens with two attached hydrogens (primary N) is 1. The molecule has 2 fully saturated rings. The zero-order chi connectivity index (χ0) is 17.9. The van der Waals surface area contributed by atoms with Crippen LogP contribution in [0, 0.1) is 23.7 Å². The van der Waals surface area contributed by atoms with Gasteiger partial charge >= 0.3 is 0 Å². The summed E-state index contributed by atoms with van der Waals surface area (Å²) < 4.78 is 6.05. The van der Waals surface area contributed by atoms with Crippen LogP contribution < -0.4 is 5.73 Å². The predicted octanol–water partition coefficient (Wildman–Crippen LogP) is 2.58. The molecule has 5 unspecified atom stereocenters. The van der Waals surface area contributed by atoms with Crippen molar-refractivity contribution in [2.24, 2.45) is 29.4 Å². The van der Waals surface area contributed by atoms with Crippen LogP contribution in [-0.4, -0.2) is 42.0 Å². The maximum atomic E-state index is 12.6. The number of hydrogen-bond acceptors (Lipinski definition) is 3. The molecule has 1 aliphatic carbocycles. The summed E-state index contributed by atoms with van der Waals surface area (Å²) in [5, 5.41) is 0. The molecule has 5 atom stereocenters. The number of piperidine rings is 1. The number of hydrogen-bond donors (Lipinski definition) is 1. The second-order valence-corrected chi connectivity index (χ2v) is 8.31. The number of likely N-dealkylation sites (tertiary alicyclic amines) is 1. The van der Waals surface area contributed by atoms with Crippen LogP contribution in [0.15, 0.2) is 0 Å². The first-order valence-corrected chi connectivity index (χ1v) is 9.50. The first-order valence-electron chi connectivity index (χ1n) is 9.50. The minimum atomic E-state index is -0.476. The third-order valence-corrected chi connectivity index (χ3v) is 5.90. The van der Waals surface area contributed by atoms with E-state index in [0.29, 0.717) is 36.6 Å². The minimum absolute atomic E-state index is 0.0682. The first-order chi connectivity index (χ1) is 11.3. The Morgan fingerprint density at radius 3 is 2.42 bits per heavy atom. The maximum absolute atomic E-state index is 12.6. The van der Waals surface area contributed by atoms with Crippen molar-refractivity contribution < 1.29 is 14.3 Å². The van der Waals surface area contributed by atoms with Gasteiger partial charge in [-0.2, -0.15) is 0 Å². The van der Waals surface area contributed by atoms with Crippen molar-refractivity contribution in [1.29, 1.82) is 0 Å². The molecule has 2 amide bonds. The highest BCUT2D eigenvalue weighted by atomic mass is 16.5. The Bertz CT molecular complexity index is 452. The van der Waals surface area contributed by atoms with Crippen molar-refractivity contribution >= 4 is 11.8 Å². The molecule has 1 saturated carbocycles. The number of nitrogens with zero attached hydrogens (tertiary/aromatic N) is 1. The van der Waals surface area contributed by atoms with Crippen LogP contribution in [0.5, 0.6) is 0 Å². The van der Waals surface area contributed by atoms with Gasteiger partial charge in [0, 0.05) is 6.54 Å². The summed E-state index contributed by atoms with van der Waals surface area (Å²) in [6.45, 7) is 9.49. The zero-order valence-electron chi connectivity index (χ0n) is 15.7. The molecule has 0 radical (unpaired) electrons. The number of primary amides is 1. The molecule has 0 bridgehead atoms. The van der Waals surface area contributed by atoms with Gasteiger partial charge in [-0.3, -0.25) is 9.59 Å². The molecule has 2 rings (SSSR count). The summed E-state index contributed by atoms with van der Waals surface area (Å²) in [5.74, 6) is 1.66. The largest absolute Gasteiger partial charge is 0.368 e. The Hall–Kier alpha value is -1.10. The third-order valence-electron chi connectivity index (χ3n) is 5.90. The summed E-state index contributed by atoms with van der Waals surface area (Å²) in [6.07, 6.45) is 5.16. The topological polar surface area (TPSA) is 72.6 Å². The molecule has 24 heavy (non-hydrogen) atoms. The van der Waals surface area contributed by atoms with Crippen molar-refractivity contribution in [1.82, 2.24) is 4.90 Å². The monoisotopic (exact) mass is 338 g/mol. The number of ether oxygens (including phenoxy) is 1. The molecule has 5 nitrogen and oxygen atoms in total. The molecule has 5 heteroatoms. The van der Waals surface area contributed by atoms with Crippen LogP contribution in [0.1, 0.15) is 59.8 Å². The van der Waals surface area contributed by atoms with E-state index in [0.717, 1.165) is 12.8 Å². The van der Waals surface area contributed by atoms with Gasteiger partial charge in [-0.15, -0.1) is 0 Å². The van der Waals surface area contributed by atoms with Crippen molar-refractivity contribution in [2.45, 2.75) is 71.9 Å². The number of rotatable bonds is 5. The average molecular weight is 338 g/mol. The Balaban J connectivity index is 1.94. The second-order valence-electron chi connectivity index (χ2n) is 8.31. The molecule has 0 aromatic carbocycles. The van der Waals surface area contributed by atoms with E-state index in [4.69, 9.17) is 10.5 Å². The van der Waals surface area contributed by atoms with E-state index in [2.05, 4.69) is 27.7 Å². The third kappa shape index (κ3) is 4.71. The zero-order valence-corrected chi connectivity index (χ0v) is 15.7. The lowest BCUT2D eigenvalue weighted by Crippen LogP contribution is -2.53. The van der Waals surface area contributed by atoms with Gasteiger partial charge in [-0.25, -0.2) is 0 Å². The van der Waals surface area contributed by atoms with Crippen molar-refractivity contribution in [3.63, 3.8) is 0 Å². The van der Waals surface area contributed by atoms with Crippen LogP contribution in [0.4, 0.5) is 0 Å². The van der Waals surface area contributed by atoms with Gasteiger partial charge in [0.15, 0.2) is 0 Å². The normalized spacial score (nSPS) is 34.4. The molecule has 2 aliphatic rings. The number of carbonyl (C=O) groups excluding carboxylic acids is 2. The summed E-state index contributed by atoms with van der Waals surface area (Å²) in [7, 11) is 0. The van der Waals surface area contributed by atoms with E-state index in [-0.39, 0.29) is 18.6 Å². The highest BCUT2D eigenvalue weighted by molar-refractivity contribution is 5.87. The van der Waals surface area contributed by atoms with E-state index in [1.807, 2.05) is 0 Å². The molecule has 138 valence electrons. The summed E-state index contributed by atoms with van der Waals surface area (Å²) >= 11 is 0. The van der Waals surface area contributed by atoms with Crippen LogP contribution in [0.3, 0.4) is 0 Å². The van der Waals surface area contributed by atoms with E-state index < -0.39 is 11.9 Å². The summed E-state index contributed by atoms with van der Waals surface area (Å²) in [4.78, 5) is 25.9. The Kier molecular flexibility index (Phi) is 6.67. The highest BCUT2D eigenvalue weighted by Crippen LogP contribution is 2.35. The van der Waals surface area contributed by atoms with Crippen LogP contribution in [0.2, 0.25) is 0 Å². The fourth-order valence-corrected chi connectivity index (χ4v) is 4.28. The quantitative estimate of drug-likeness (QED) is 0.837. The van der Waals surface area contributed by atoms with Crippen LogP contribution >= 0.6 is 0 Å². The van der Waals surface area contributed by atoms with E-state index in [1.54, 1.807) is 4.90 Å². The summed E-state index contributed by atoms with van der Waals surface area (Å²) in [5.41, 5.74) is 5.50. The van der Waals surface area contributed by atoms with Crippen molar-refractivity contribution in [3.8, 4) is 0 Å². The molecule has 1 saturated heterocycles. The molecule has 1 aliphatic heterocycles. The van der Waals surface area contributed by atoms with E-state index in [9.17, 15) is 9.59 Å². The van der Waals surface area contributed by atoms with Gasteiger partial charge < -0.3 is 15.4 Å². The van der Waals surface area contributed by atoms with Gasteiger partial charge in [-0.05, 0) is 49.4 Å². The lowest BCUT2D eigenvalue weighted by Gasteiger charge is -2.39. The highest BCUT2D eigenvalue weighted by Gasteiger charge is 2.35. The molecular weight excluding hydrogens is 304 g/mol. The van der Waals surface area contributed by atoms with Crippen LogP contribution in [-0.2, 0) is 14.3 Å². The lowest BCUT2D eigenvalue weighted by atomic mass is 9.75. The molecular formula is C19H34N2O3. The van der Waals surface area contributed by atoms with E-state index >= 15 is 0 Å². The van der Waals surface area contributed by atoms with Gasteiger partial charge in [-0.1, -0.05) is 34.1 Å². The Morgan fingerprint density at radius 2 is 1.79 bits per heavy atom. The standard InChI is InChI=1S/C19H34N2O3/c1-12(2)15-6-5-13(3)10-17(15)24-11-18(22)21-8-7-14(4)9-16(21)19(20)23/h12-17H,5-11H2,1-4H3,(H2,20,23). The first kappa shape index (κ1) is 19.2. The molecule has 0 aromatic heterocycles. The fraction of sp³-hybridized carbons (Fsp3) is 0.895. The van der Waals surface area contributed by atoms with Crippen molar-refractivity contribution in [3.05, 3.63) is 0 Å². The molecule has 0 aromatic rings. The Labute approximate surface area is 146 Å². The second kappa shape index (κ2) is 8.32. The van der Waals surface area contributed by atoms with E-state index in [1.165, 1.54) is 12.8 Å². The van der Waals surface area contributed by atoms with Crippen molar-refractivity contribution in [2.75, 3.05) is 13.2 Å². The average Bonchev–Trinajstić information content (AvgIpc) is 2.52. The van der Waals surface area contributed by atoms with Gasteiger partial charge in [0.1, 0.15) is 12.6 Å². The number of carbonyl (C=O) groups is 2. The molecule has 0 spiro atoms. The van der Waals surface area contributed by atoms with Gasteiger partial charge in [0.05, 0.1) is 6.10 Å². The maximum Gasteiger partial charge on any atom is 0.249 e. The molecule has 2 N–H and O–H groups in total. The predicted molar refractivity (Wildman–Crippen MR) is 94.2 cm³/mol. The summed E-state index contributed by atoms with van der Waals surface area (Å²) in [6, 6.07) is -0.476. The Morgan fingerprint density at radius 1 is 1.12 bits per heavy atom. The lowest BCUT2D eigenvalue weighted by molar-refractivity contribution is -0.149. The van der Waals surface area contributed by atoms with Crippen LogP contribution in [0.25, 0.3) is 0 Å². The number of amides is 2. The SMILES string of the molecule is CC1CCC(C(C)C)C(OCC(=O)N2CCC(C)CC2C(N)=O)C1. The van der Waals surface area contributed by atoms with Gasteiger partial charge in [0.25, 0.3) is 0 Å². The molecule has 1 heterocycles. The smallest absolute Gasteiger partial charge is 0.249 e. The van der Waals surface area contributed by atoms with Gasteiger partial charge in [0.2, 0.25) is 11.8 Å².